The van der Waals surface area contributed by atoms with Gasteiger partial charge in [-0.2, -0.15) is 5.10 Å². The Morgan fingerprint density at radius 1 is 1.50 bits per heavy atom. The van der Waals surface area contributed by atoms with Crippen LogP contribution in [0.25, 0.3) is 0 Å². The first kappa shape index (κ1) is 7.73. The fraction of sp³-hybridized carbons (Fsp3) is 0.750. The second-order valence-corrected chi connectivity index (χ2v) is 3.33. The van der Waals surface area contributed by atoms with E-state index in [9.17, 15) is 0 Å². The molecule has 1 aromatic rings. The summed E-state index contributed by atoms with van der Waals surface area (Å²) in [4.78, 5) is 3.95. The van der Waals surface area contributed by atoms with Gasteiger partial charge in [-0.15, -0.1) is 0 Å². The Labute approximate surface area is 72.0 Å². The lowest BCUT2D eigenvalue weighted by Gasteiger charge is -2.09. The molecule has 0 saturated heterocycles. The number of hydrogen-bond acceptors (Lipinski definition) is 3. The molecule has 0 aromatic carbocycles. The molecule has 66 valence electrons. The molecule has 1 aromatic heterocycles. The first-order valence-corrected chi connectivity index (χ1v) is 4.41. The van der Waals surface area contributed by atoms with Crippen LogP contribution in [0.5, 0.6) is 0 Å². The fourth-order valence-electron chi connectivity index (χ4n) is 1.87. The number of rotatable bonds is 2. The molecule has 2 unspecified atom stereocenters. The molecule has 4 nitrogen and oxygen atoms in total. The first-order valence-electron chi connectivity index (χ1n) is 4.41. The molecule has 0 aliphatic heterocycles. The molecular formula is C8H14N4. The molecule has 0 amide bonds. The summed E-state index contributed by atoms with van der Waals surface area (Å²) in [6.45, 7) is 0. The van der Waals surface area contributed by atoms with Crippen molar-refractivity contribution >= 4 is 0 Å². The van der Waals surface area contributed by atoms with Crippen molar-refractivity contribution in [2.24, 2.45) is 0 Å². The van der Waals surface area contributed by atoms with E-state index in [2.05, 4.69) is 15.4 Å². The highest BCUT2D eigenvalue weighted by atomic mass is 15.3. The second-order valence-electron chi connectivity index (χ2n) is 3.33. The monoisotopic (exact) mass is 166 g/mol. The van der Waals surface area contributed by atoms with Crippen LogP contribution in [0, 0.1) is 0 Å². The Balaban J connectivity index is 2.00. The predicted molar refractivity (Wildman–Crippen MR) is 45.8 cm³/mol. The number of nitrogens with zero attached hydrogens (tertiary/aromatic N) is 3. The zero-order chi connectivity index (χ0) is 8.39. The van der Waals surface area contributed by atoms with Crippen LogP contribution in [0.15, 0.2) is 12.7 Å². The van der Waals surface area contributed by atoms with Crippen LogP contribution in [-0.2, 0) is 0 Å². The van der Waals surface area contributed by atoms with Crippen molar-refractivity contribution in [2.45, 2.75) is 31.3 Å². The quantitative estimate of drug-likeness (QED) is 0.699. The number of aromatic nitrogens is 3. The van der Waals surface area contributed by atoms with Crippen LogP contribution < -0.4 is 5.32 Å². The molecule has 1 N–H and O–H groups in total. The third-order valence-electron chi connectivity index (χ3n) is 2.62. The Hall–Kier alpha value is -0.900. The maximum atomic E-state index is 4.14. The lowest BCUT2D eigenvalue weighted by atomic mass is 10.2. The van der Waals surface area contributed by atoms with Crippen LogP contribution >= 0.6 is 0 Å². The third-order valence-corrected chi connectivity index (χ3v) is 2.62. The molecule has 12 heavy (non-hydrogen) atoms. The summed E-state index contributed by atoms with van der Waals surface area (Å²) in [5, 5.41) is 7.44. The van der Waals surface area contributed by atoms with Crippen molar-refractivity contribution in [1.82, 2.24) is 20.1 Å². The van der Waals surface area contributed by atoms with Gasteiger partial charge in [0.2, 0.25) is 0 Å². The lowest BCUT2D eigenvalue weighted by molar-refractivity contribution is 0.449. The Morgan fingerprint density at radius 2 is 2.42 bits per heavy atom. The molecule has 1 saturated carbocycles. The smallest absolute Gasteiger partial charge is 0.137 e. The van der Waals surface area contributed by atoms with Crippen molar-refractivity contribution in [3.8, 4) is 0 Å². The zero-order valence-electron chi connectivity index (χ0n) is 7.27. The van der Waals surface area contributed by atoms with Gasteiger partial charge in [0.15, 0.2) is 0 Å². The van der Waals surface area contributed by atoms with E-state index in [0.29, 0.717) is 12.1 Å². The van der Waals surface area contributed by atoms with Crippen molar-refractivity contribution in [3.63, 3.8) is 0 Å². The van der Waals surface area contributed by atoms with Gasteiger partial charge in [0.05, 0.1) is 6.04 Å². The standard InChI is InChI=1S/C8H14N4/c1-9-7-2-3-8(4-7)12-6-10-5-11-12/h5-9H,2-4H2,1H3. The summed E-state index contributed by atoms with van der Waals surface area (Å²) in [5.74, 6) is 0. The van der Waals surface area contributed by atoms with E-state index >= 15 is 0 Å². The average Bonchev–Trinajstić information content (AvgIpc) is 2.75. The molecule has 0 radical (unpaired) electrons. The minimum atomic E-state index is 0.560. The minimum Gasteiger partial charge on any atom is -0.317 e. The van der Waals surface area contributed by atoms with Crippen LogP contribution in [0.2, 0.25) is 0 Å². The molecule has 2 atom stereocenters. The zero-order valence-corrected chi connectivity index (χ0v) is 7.27. The average molecular weight is 166 g/mol. The first-order chi connectivity index (χ1) is 5.90. The van der Waals surface area contributed by atoms with Crippen LogP contribution in [0.3, 0.4) is 0 Å². The van der Waals surface area contributed by atoms with Crippen molar-refractivity contribution in [3.05, 3.63) is 12.7 Å². The van der Waals surface area contributed by atoms with Crippen LogP contribution in [-0.4, -0.2) is 27.9 Å². The van der Waals surface area contributed by atoms with Crippen molar-refractivity contribution in [2.75, 3.05) is 7.05 Å². The molecule has 1 aliphatic carbocycles. The molecule has 0 spiro atoms. The molecule has 0 bridgehead atoms. The number of hydrogen-bond donors (Lipinski definition) is 1. The predicted octanol–water partition coefficient (Wildman–Crippen LogP) is 0.591. The van der Waals surface area contributed by atoms with E-state index in [-0.39, 0.29) is 0 Å². The highest BCUT2D eigenvalue weighted by molar-refractivity contribution is 4.83. The highest BCUT2D eigenvalue weighted by Gasteiger charge is 2.24. The Kier molecular flexibility index (Phi) is 2.08. The van der Waals surface area contributed by atoms with Crippen molar-refractivity contribution < 1.29 is 0 Å². The van der Waals surface area contributed by atoms with Gasteiger partial charge in [-0.1, -0.05) is 0 Å². The van der Waals surface area contributed by atoms with E-state index in [0.717, 1.165) is 0 Å². The number of nitrogens with one attached hydrogen (secondary N) is 1. The normalized spacial score (nSPS) is 29.4. The molecule has 1 heterocycles. The van der Waals surface area contributed by atoms with Crippen LogP contribution in [0.4, 0.5) is 0 Å². The fourth-order valence-corrected chi connectivity index (χ4v) is 1.87. The summed E-state index contributed by atoms with van der Waals surface area (Å²) in [6, 6.07) is 1.23. The van der Waals surface area contributed by atoms with E-state index in [1.54, 1.807) is 6.33 Å². The van der Waals surface area contributed by atoms with Gasteiger partial charge in [-0.3, -0.25) is 0 Å². The van der Waals surface area contributed by atoms with E-state index in [1.165, 1.54) is 19.3 Å². The topological polar surface area (TPSA) is 42.7 Å². The summed E-state index contributed by atoms with van der Waals surface area (Å²) in [6.07, 6.45) is 7.06. The molecule has 2 rings (SSSR count). The Bertz CT molecular complexity index is 231. The van der Waals surface area contributed by atoms with Crippen LogP contribution in [0.1, 0.15) is 25.3 Å². The lowest BCUT2D eigenvalue weighted by Crippen LogP contribution is -2.21. The molecular weight excluding hydrogens is 152 g/mol. The third kappa shape index (κ3) is 1.34. The SMILES string of the molecule is CNC1CCC(n2cncn2)C1. The minimum absolute atomic E-state index is 0.560. The van der Waals surface area contributed by atoms with Gasteiger partial charge < -0.3 is 5.32 Å². The second kappa shape index (κ2) is 3.23. The molecule has 1 fully saturated rings. The van der Waals surface area contributed by atoms with Gasteiger partial charge in [0.1, 0.15) is 12.7 Å². The summed E-state index contributed by atoms with van der Waals surface area (Å²) in [5.41, 5.74) is 0. The summed E-state index contributed by atoms with van der Waals surface area (Å²) >= 11 is 0. The van der Waals surface area contributed by atoms with E-state index in [1.807, 2.05) is 18.1 Å². The van der Waals surface area contributed by atoms with Gasteiger partial charge >= 0.3 is 0 Å². The maximum Gasteiger partial charge on any atom is 0.137 e. The summed E-state index contributed by atoms with van der Waals surface area (Å²) in [7, 11) is 2.02. The van der Waals surface area contributed by atoms with Crippen molar-refractivity contribution in [1.29, 1.82) is 0 Å². The molecule has 4 heteroatoms. The maximum absolute atomic E-state index is 4.14. The highest BCUT2D eigenvalue weighted by Crippen LogP contribution is 2.28. The molecule has 1 aliphatic rings. The van der Waals surface area contributed by atoms with Gasteiger partial charge in [0, 0.05) is 6.04 Å². The van der Waals surface area contributed by atoms with Gasteiger partial charge in [-0.25, -0.2) is 9.67 Å². The Morgan fingerprint density at radius 3 is 3.00 bits per heavy atom. The van der Waals surface area contributed by atoms with Gasteiger partial charge in [-0.05, 0) is 26.3 Å². The van der Waals surface area contributed by atoms with Gasteiger partial charge in [0.25, 0.3) is 0 Å². The summed E-state index contributed by atoms with van der Waals surface area (Å²) < 4.78 is 1.97. The van der Waals surface area contributed by atoms with E-state index in [4.69, 9.17) is 0 Å². The largest absolute Gasteiger partial charge is 0.317 e. The van der Waals surface area contributed by atoms with E-state index < -0.39 is 0 Å².